The molecule has 0 aliphatic carbocycles. The molecule has 0 radical (unpaired) electrons. The Morgan fingerprint density at radius 2 is 1.68 bits per heavy atom. The van der Waals surface area contributed by atoms with Crippen LogP contribution in [0.5, 0.6) is 0 Å². The van der Waals surface area contributed by atoms with Gasteiger partial charge >= 0.3 is 6.09 Å². The van der Waals surface area contributed by atoms with Gasteiger partial charge in [-0.05, 0) is 81.1 Å². The fourth-order valence-electron chi connectivity index (χ4n) is 4.48. The van der Waals surface area contributed by atoms with E-state index in [0.29, 0.717) is 36.2 Å². The second-order valence-electron chi connectivity index (χ2n) is 10.2. The average Bonchev–Trinajstić information content (AvgIpc) is 3.29. The van der Waals surface area contributed by atoms with Gasteiger partial charge in [0.25, 0.3) is 0 Å². The highest BCUT2D eigenvalue weighted by molar-refractivity contribution is 8.00. The molecule has 1 amide bonds. The van der Waals surface area contributed by atoms with E-state index in [1.54, 1.807) is 23.4 Å². The minimum atomic E-state index is -0.500. The monoisotopic (exact) mass is 572 g/mol. The summed E-state index contributed by atoms with van der Waals surface area (Å²) in [6.45, 7) is 9.01. The van der Waals surface area contributed by atoms with Gasteiger partial charge in [-0.15, -0.1) is 0 Å². The Morgan fingerprint density at radius 3 is 2.39 bits per heavy atom. The van der Waals surface area contributed by atoms with Crippen LogP contribution in [-0.2, 0) is 11.2 Å². The molecule has 0 atom stereocenters. The lowest BCUT2D eigenvalue weighted by atomic mass is 10.1. The van der Waals surface area contributed by atoms with Crippen LogP contribution in [0.25, 0.3) is 0 Å². The number of anilines is 4. The number of carbonyl (C=O) groups is 1. The second kappa shape index (κ2) is 11.1. The summed E-state index contributed by atoms with van der Waals surface area (Å²) in [5.74, 6) is 1.63. The van der Waals surface area contributed by atoms with Crippen molar-refractivity contribution >= 4 is 64.3 Å². The minimum Gasteiger partial charge on any atom is -0.444 e. The maximum atomic E-state index is 12.4. The van der Waals surface area contributed by atoms with Crippen molar-refractivity contribution in [2.45, 2.75) is 37.7 Å². The molecular weight excluding hydrogens is 543 g/mol. The zero-order valence-corrected chi connectivity index (χ0v) is 23.9. The van der Waals surface area contributed by atoms with Crippen molar-refractivity contribution in [3.63, 3.8) is 0 Å². The summed E-state index contributed by atoms with van der Waals surface area (Å²) in [6.07, 6.45) is 4.24. The molecule has 2 aliphatic heterocycles. The quantitative estimate of drug-likeness (QED) is 0.340. The van der Waals surface area contributed by atoms with Gasteiger partial charge in [0, 0.05) is 59.0 Å². The molecule has 11 heteroatoms. The number of nitrogens with one attached hydrogen (secondary N) is 1. The Morgan fingerprint density at radius 1 is 0.974 bits per heavy atom. The number of carbonyl (C=O) groups excluding carboxylic acids is 1. The zero-order chi connectivity index (χ0) is 26.9. The van der Waals surface area contributed by atoms with Gasteiger partial charge in [0.15, 0.2) is 5.82 Å². The van der Waals surface area contributed by atoms with Gasteiger partial charge < -0.3 is 24.2 Å². The van der Waals surface area contributed by atoms with Crippen LogP contribution in [0.2, 0.25) is 10.0 Å². The zero-order valence-electron chi connectivity index (χ0n) is 21.6. The molecule has 8 nitrogen and oxygen atoms in total. The summed E-state index contributed by atoms with van der Waals surface area (Å²) in [7, 11) is 0. The highest BCUT2D eigenvalue weighted by atomic mass is 35.5. The normalized spacial score (nSPS) is 15.4. The van der Waals surface area contributed by atoms with E-state index >= 15 is 0 Å². The summed E-state index contributed by atoms with van der Waals surface area (Å²) < 4.78 is 8.90. The first-order valence-corrected chi connectivity index (χ1v) is 14.1. The van der Waals surface area contributed by atoms with E-state index in [-0.39, 0.29) is 6.09 Å². The maximum Gasteiger partial charge on any atom is 0.410 e. The largest absolute Gasteiger partial charge is 0.444 e. The molecule has 200 valence electrons. The first-order chi connectivity index (χ1) is 18.1. The van der Waals surface area contributed by atoms with Gasteiger partial charge in [-0.3, -0.25) is 4.98 Å². The topological polar surface area (TPSA) is 73.8 Å². The van der Waals surface area contributed by atoms with E-state index < -0.39 is 5.60 Å². The van der Waals surface area contributed by atoms with Gasteiger partial charge in [0.1, 0.15) is 11.4 Å². The predicted octanol–water partition coefficient (Wildman–Crippen LogP) is 6.65. The number of amides is 1. The maximum absolute atomic E-state index is 12.4. The molecule has 5 rings (SSSR count). The number of rotatable bonds is 5. The number of hydrogen-bond donors (Lipinski definition) is 1. The van der Waals surface area contributed by atoms with Crippen LogP contribution in [0.4, 0.5) is 27.8 Å². The van der Waals surface area contributed by atoms with Gasteiger partial charge in [-0.25, -0.2) is 9.78 Å². The lowest BCUT2D eigenvalue weighted by Gasteiger charge is -2.36. The Kier molecular flexibility index (Phi) is 7.79. The number of nitrogens with zero attached hydrogens (tertiary/aromatic N) is 5. The molecular formula is C27H30Cl2N6O2S. The number of piperazine rings is 1. The highest BCUT2D eigenvalue weighted by Gasteiger charge is 2.27. The van der Waals surface area contributed by atoms with Crippen LogP contribution in [0.3, 0.4) is 0 Å². The van der Waals surface area contributed by atoms with E-state index in [4.69, 9.17) is 32.9 Å². The van der Waals surface area contributed by atoms with Crippen molar-refractivity contribution in [1.82, 2.24) is 14.9 Å². The smallest absolute Gasteiger partial charge is 0.410 e. The van der Waals surface area contributed by atoms with Gasteiger partial charge in [-0.2, -0.15) is 0 Å². The van der Waals surface area contributed by atoms with Crippen molar-refractivity contribution in [2.75, 3.05) is 47.2 Å². The molecule has 1 saturated heterocycles. The summed E-state index contributed by atoms with van der Waals surface area (Å²) in [5.41, 5.74) is 2.89. The Bertz CT molecular complexity index is 1310. The molecule has 0 bridgehead atoms. The molecule has 0 saturated carbocycles. The molecule has 2 aliphatic rings. The molecule has 2 aromatic carbocycles. The van der Waals surface area contributed by atoms with E-state index in [0.717, 1.165) is 40.9 Å². The number of hydrogen-bond acceptors (Lipinski definition) is 8. The van der Waals surface area contributed by atoms with Crippen LogP contribution in [-0.4, -0.2) is 59.3 Å². The van der Waals surface area contributed by atoms with E-state index in [2.05, 4.69) is 37.7 Å². The Balaban J connectivity index is 1.23. The first kappa shape index (κ1) is 26.7. The number of halogens is 2. The summed E-state index contributed by atoms with van der Waals surface area (Å²) >= 11 is 13.7. The van der Waals surface area contributed by atoms with E-state index in [1.807, 2.05) is 32.9 Å². The third-order valence-electron chi connectivity index (χ3n) is 6.24. The fourth-order valence-corrected chi connectivity index (χ4v) is 5.87. The van der Waals surface area contributed by atoms with Crippen molar-refractivity contribution in [2.24, 2.45) is 0 Å². The minimum absolute atomic E-state index is 0.269. The third-order valence-corrected chi connectivity index (χ3v) is 7.48. The first-order valence-electron chi connectivity index (χ1n) is 12.5. The molecule has 38 heavy (non-hydrogen) atoms. The van der Waals surface area contributed by atoms with Crippen molar-refractivity contribution in [3.05, 3.63) is 64.4 Å². The van der Waals surface area contributed by atoms with Crippen LogP contribution in [0.15, 0.2) is 53.7 Å². The van der Waals surface area contributed by atoms with Gasteiger partial charge in [0.2, 0.25) is 0 Å². The van der Waals surface area contributed by atoms with E-state index in [9.17, 15) is 4.79 Å². The summed E-state index contributed by atoms with van der Waals surface area (Å²) in [6, 6.07) is 11.8. The van der Waals surface area contributed by atoms with Gasteiger partial charge in [-0.1, -0.05) is 23.2 Å². The average molecular weight is 574 g/mol. The lowest BCUT2D eigenvalue weighted by Crippen LogP contribution is -2.50. The summed E-state index contributed by atoms with van der Waals surface area (Å²) in [4.78, 5) is 28.9. The molecule has 3 aromatic rings. The Hall–Kier alpha value is -2.88. The molecule has 1 aromatic heterocycles. The number of benzene rings is 2. The van der Waals surface area contributed by atoms with Crippen molar-refractivity contribution < 1.29 is 9.53 Å². The molecule has 0 unspecified atom stereocenters. The van der Waals surface area contributed by atoms with Crippen LogP contribution >= 0.6 is 35.1 Å². The standard InChI is InChI=1S/C27H30Cl2N6O2S/c1-27(2,3)37-26(36)34-10-8-33(9-11-34)24-16-30-17-25(31-24)35-7-6-18-12-21(4-5-23(18)35)32-38-22-14-19(28)13-20(29)15-22/h4-5,12-17,32H,6-11H2,1-3H3. The van der Waals surface area contributed by atoms with Crippen molar-refractivity contribution in [3.8, 4) is 0 Å². The SMILES string of the molecule is CC(C)(C)OC(=O)N1CCN(c2cncc(N3CCc4cc(NSc5cc(Cl)cc(Cl)c5)ccc43)n2)CC1. The van der Waals surface area contributed by atoms with Crippen LogP contribution in [0, 0.1) is 0 Å². The number of fused-ring (bicyclic) bond motifs is 1. The molecule has 1 fully saturated rings. The molecule has 1 N–H and O–H groups in total. The highest BCUT2D eigenvalue weighted by Crippen LogP contribution is 2.37. The summed E-state index contributed by atoms with van der Waals surface area (Å²) in [5, 5.41) is 1.22. The Labute approximate surface area is 237 Å². The predicted molar refractivity (Wildman–Crippen MR) is 155 cm³/mol. The number of ether oxygens (including phenoxy) is 1. The molecule has 3 heterocycles. The van der Waals surface area contributed by atoms with E-state index in [1.165, 1.54) is 17.5 Å². The van der Waals surface area contributed by atoms with Crippen LogP contribution < -0.4 is 14.5 Å². The third kappa shape index (κ3) is 6.39. The second-order valence-corrected chi connectivity index (χ2v) is 12.0. The van der Waals surface area contributed by atoms with Gasteiger partial charge in [0.05, 0.1) is 12.4 Å². The van der Waals surface area contributed by atoms with Crippen LogP contribution in [0.1, 0.15) is 26.3 Å². The number of aromatic nitrogens is 2. The lowest BCUT2D eigenvalue weighted by molar-refractivity contribution is 0.0240. The fraction of sp³-hybridized carbons (Fsp3) is 0.370. The van der Waals surface area contributed by atoms with Crippen molar-refractivity contribution in [1.29, 1.82) is 0 Å². The molecule has 0 spiro atoms.